The van der Waals surface area contributed by atoms with Crippen LogP contribution in [0.15, 0.2) is 12.4 Å². The fraction of sp³-hybridized carbons (Fsp3) is 0.750. The lowest BCUT2D eigenvalue weighted by molar-refractivity contribution is -0.00989. The highest BCUT2D eigenvalue weighted by molar-refractivity contribution is 5.93. The molecular weight excluding hydrogens is 296 g/mol. The number of likely N-dealkylation sites (tertiary alicyclic amines) is 1. The van der Waals surface area contributed by atoms with Gasteiger partial charge in [0, 0.05) is 32.4 Å². The first-order valence-corrected chi connectivity index (χ1v) is 8.26. The molecular formula is C16H28N4O3. The molecule has 1 amide bonds. The summed E-state index contributed by atoms with van der Waals surface area (Å²) >= 11 is 0. The fourth-order valence-corrected chi connectivity index (χ4v) is 2.84. The van der Waals surface area contributed by atoms with E-state index in [0.29, 0.717) is 25.3 Å². The number of aliphatic hydroxyl groups is 1. The second-order valence-electron chi connectivity index (χ2n) is 6.44. The van der Waals surface area contributed by atoms with Crippen molar-refractivity contribution >= 4 is 5.91 Å². The van der Waals surface area contributed by atoms with Crippen molar-refractivity contribution in [1.29, 1.82) is 0 Å². The summed E-state index contributed by atoms with van der Waals surface area (Å²) in [5, 5.41) is 17.0. The monoisotopic (exact) mass is 324 g/mol. The number of β-amino-alcohol motifs (C(OH)–C–C–N with tert-alkyl or cyclic N) is 1. The third-order valence-corrected chi connectivity index (χ3v) is 4.03. The van der Waals surface area contributed by atoms with Crippen LogP contribution in [0.2, 0.25) is 0 Å². The van der Waals surface area contributed by atoms with Crippen LogP contribution in [-0.4, -0.2) is 70.2 Å². The van der Waals surface area contributed by atoms with Crippen LogP contribution in [0.1, 0.15) is 37.0 Å². The van der Waals surface area contributed by atoms with Crippen molar-refractivity contribution in [2.24, 2.45) is 7.05 Å². The molecule has 0 bridgehead atoms. The summed E-state index contributed by atoms with van der Waals surface area (Å²) in [5.74, 6) is -0.103. The number of hydrogen-bond donors (Lipinski definition) is 2. The summed E-state index contributed by atoms with van der Waals surface area (Å²) in [6.07, 6.45) is 5.02. The standard InChI is InChI=1S/C16H28N4O3/c1-12(2)23-11-15(21)10-20-6-4-5-14(20)8-17-16(22)13-7-18-19(3)9-13/h7,9,12,14-15,21H,4-6,8,10-11H2,1-3H3,(H,17,22)/t14-,15+/m0/s1. The first-order valence-electron chi connectivity index (χ1n) is 8.26. The number of nitrogens with one attached hydrogen (secondary N) is 1. The van der Waals surface area contributed by atoms with Crippen LogP contribution >= 0.6 is 0 Å². The molecule has 0 aliphatic carbocycles. The number of carbonyl (C=O) groups excluding carboxylic acids is 1. The average Bonchev–Trinajstić information content (AvgIpc) is 3.12. The third-order valence-electron chi connectivity index (χ3n) is 4.03. The molecule has 1 saturated heterocycles. The number of amides is 1. The maximum absolute atomic E-state index is 12.1. The van der Waals surface area contributed by atoms with Crippen LogP contribution < -0.4 is 5.32 Å². The molecule has 130 valence electrons. The van der Waals surface area contributed by atoms with Crippen molar-refractivity contribution < 1.29 is 14.6 Å². The van der Waals surface area contributed by atoms with Crippen LogP contribution in [-0.2, 0) is 11.8 Å². The quantitative estimate of drug-likeness (QED) is 0.724. The van der Waals surface area contributed by atoms with Crippen molar-refractivity contribution in [3.05, 3.63) is 18.0 Å². The summed E-state index contributed by atoms with van der Waals surface area (Å²) in [4.78, 5) is 14.3. The average molecular weight is 324 g/mol. The van der Waals surface area contributed by atoms with Crippen LogP contribution in [0.3, 0.4) is 0 Å². The molecule has 1 aliphatic rings. The van der Waals surface area contributed by atoms with Crippen molar-refractivity contribution in [3.63, 3.8) is 0 Å². The number of rotatable bonds is 8. The molecule has 2 atom stereocenters. The minimum atomic E-state index is -0.493. The summed E-state index contributed by atoms with van der Waals surface area (Å²) in [6, 6.07) is 0.268. The van der Waals surface area contributed by atoms with E-state index in [1.165, 1.54) is 0 Å². The van der Waals surface area contributed by atoms with Crippen molar-refractivity contribution in [1.82, 2.24) is 20.0 Å². The second kappa shape index (κ2) is 8.42. The van der Waals surface area contributed by atoms with Crippen LogP contribution in [0.5, 0.6) is 0 Å². The number of aromatic nitrogens is 2. The van der Waals surface area contributed by atoms with Gasteiger partial charge in [0.05, 0.1) is 30.6 Å². The maximum Gasteiger partial charge on any atom is 0.254 e. The Kier molecular flexibility index (Phi) is 6.56. The van der Waals surface area contributed by atoms with E-state index in [1.54, 1.807) is 24.1 Å². The molecule has 1 aromatic heterocycles. The van der Waals surface area contributed by atoms with Gasteiger partial charge in [-0.05, 0) is 33.2 Å². The Morgan fingerprint density at radius 2 is 2.35 bits per heavy atom. The van der Waals surface area contributed by atoms with Gasteiger partial charge in [-0.2, -0.15) is 5.10 Å². The van der Waals surface area contributed by atoms with Gasteiger partial charge in [0.2, 0.25) is 0 Å². The molecule has 2 N–H and O–H groups in total. The van der Waals surface area contributed by atoms with E-state index in [-0.39, 0.29) is 18.1 Å². The summed E-state index contributed by atoms with van der Waals surface area (Å²) < 4.78 is 7.06. The molecule has 2 rings (SSSR count). The number of aliphatic hydroxyl groups excluding tert-OH is 1. The highest BCUT2D eigenvalue weighted by Crippen LogP contribution is 2.17. The van der Waals surface area contributed by atoms with Crippen LogP contribution in [0.4, 0.5) is 0 Å². The number of aryl methyl sites for hydroxylation is 1. The molecule has 0 spiro atoms. The summed E-state index contributed by atoms with van der Waals surface area (Å²) in [7, 11) is 1.79. The first kappa shape index (κ1) is 17.9. The highest BCUT2D eigenvalue weighted by atomic mass is 16.5. The van der Waals surface area contributed by atoms with E-state index in [9.17, 15) is 9.90 Å². The Balaban J connectivity index is 1.76. The van der Waals surface area contributed by atoms with E-state index in [1.807, 2.05) is 13.8 Å². The van der Waals surface area contributed by atoms with Gasteiger partial charge in [-0.3, -0.25) is 14.4 Å². The molecule has 0 radical (unpaired) electrons. The number of hydrogen-bond acceptors (Lipinski definition) is 5. The van der Waals surface area contributed by atoms with E-state index in [4.69, 9.17) is 4.74 Å². The smallest absolute Gasteiger partial charge is 0.254 e. The van der Waals surface area contributed by atoms with E-state index >= 15 is 0 Å². The first-order chi connectivity index (χ1) is 11.0. The van der Waals surface area contributed by atoms with Crippen LogP contribution in [0, 0.1) is 0 Å². The lowest BCUT2D eigenvalue weighted by Crippen LogP contribution is -2.44. The van der Waals surface area contributed by atoms with Crippen molar-refractivity contribution in [3.8, 4) is 0 Å². The Morgan fingerprint density at radius 3 is 3.00 bits per heavy atom. The summed E-state index contributed by atoms with van der Waals surface area (Å²) in [5.41, 5.74) is 0.572. The van der Waals surface area contributed by atoms with Crippen molar-refractivity contribution in [2.45, 2.75) is 44.9 Å². The molecule has 0 saturated carbocycles. The van der Waals surface area contributed by atoms with Gasteiger partial charge in [-0.25, -0.2) is 0 Å². The number of nitrogens with zero attached hydrogens (tertiary/aromatic N) is 3. The summed E-state index contributed by atoms with van der Waals surface area (Å²) in [6.45, 7) is 6.39. The topological polar surface area (TPSA) is 79.6 Å². The van der Waals surface area contributed by atoms with Crippen LogP contribution in [0.25, 0.3) is 0 Å². The fourth-order valence-electron chi connectivity index (χ4n) is 2.84. The van der Waals surface area contributed by atoms with Gasteiger partial charge in [-0.15, -0.1) is 0 Å². The lowest BCUT2D eigenvalue weighted by atomic mass is 10.2. The van der Waals surface area contributed by atoms with Crippen molar-refractivity contribution in [2.75, 3.05) is 26.2 Å². The molecule has 0 unspecified atom stereocenters. The zero-order chi connectivity index (χ0) is 16.8. The van der Waals surface area contributed by atoms with E-state index in [2.05, 4.69) is 15.3 Å². The molecule has 23 heavy (non-hydrogen) atoms. The van der Waals surface area contributed by atoms with Gasteiger partial charge in [0.1, 0.15) is 0 Å². The van der Waals surface area contributed by atoms with E-state index in [0.717, 1.165) is 19.4 Å². The molecule has 7 nitrogen and oxygen atoms in total. The Labute approximate surface area is 137 Å². The Morgan fingerprint density at radius 1 is 1.57 bits per heavy atom. The number of carbonyl (C=O) groups is 1. The minimum Gasteiger partial charge on any atom is -0.389 e. The normalized spacial score (nSPS) is 20.1. The van der Waals surface area contributed by atoms with Gasteiger partial charge in [-0.1, -0.05) is 0 Å². The van der Waals surface area contributed by atoms with Gasteiger partial charge in [0.15, 0.2) is 0 Å². The zero-order valence-corrected chi connectivity index (χ0v) is 14.2. The molecule has 7 heteroatoms. The molecule has 1 aromatic rings. The molecule has 1 aliphatic heterocycles. The predicted molar refractivity (Wildman–Crippen MR) is 87.2 cm³/mol. The lowest BCUT2D eigenvalue weighted by Gasteiger charge is -2.27. The SMILES string of the molecule is CC(C)OC[C@H](O)CN1CCC[C@H]1CNC(=O)c1cnn(C)c1. The highest BCUT2D eigenvalue weighted by Gasteiger charge is 2.26. The largest absolute Gasteiger partial charge is 0.389 e. The maximum atomic E-state index is 12.1. The second-order valence-corrected chi connectivity index (χ2v) is 6.44. The minimum absolute atomic E-state index is 0.103. The predicted octanol–water partition coefficient (Wildman–Crippen LogP) is 0.400. The molecule has 1 fully saturated rings. The Hall–Kier alpha value is -1.44. The Bertz CT molecular complexity index is 503. The molecule has 2 heterocycles. The van der Waals surface area contributed by atoms with E-state index < -0.39 is 6.10 Å². The van der Waals surface area contributed by atoms with Gasteiger partial charge in [0.25, 0.3) is 5.91 Å². The zero-order valence-electron chi connectivity index (χ0n) is 14.2. The third kappa shape index (κ3) is 5.60. The van der Waals surface area contributed by atoms with Gasteiger partial charge < -0.3 is 15.2 Å². The van der Waals surface area contributed by atoms with Gasteiger partial charge >= 0.3 is 0 Å². The molecule has 0 aromatic carbocycles. The number of ether oxygens (including phenoxy) is 1.